The molecule has 0 aromatic carbocycles. The average Bonchev–Trinajstić information content (AvgIpc) is 3.23. The predicted molar refractivity (Wildman–Crippen MR) is 81.3 cm³/mol. The van der Waals surface area contributed by atoms with E-state index in [-0.39, 0.29) is 12.0 Å². The van der Waals surface area contributed by atoms with Crippen molar-refractivity contribution in [3.05, 3.63) is 12.4 Å². The van der Waals surface area contributed by atoms with Gasteiger partial charge in [0.1, 0.15) is 0 Å². The Morgan fingerprint density at radius 3 is 2.82 bits per heavy atom. The third kappa shape index (κ3) is 4.81. The fourth-order valence-electron chi connectivity index (χ4n) is 1.89. The topological polar surface area (TPSA) is 88.8 Å². The Bertz CT molecular complexity index is 600. The molecule has 1 N–H and O–H groups in total. The summed E-state index contributed by atoms with van der Waals surface area (Å²) < 4.78 is 5.43. The molecular formula is C15H19N5O2. The molecule has 0 saturated carbocycles. The van der Waals surface area contributed by atoms with Crippen molar-refractivity contribution in [3.63, 3.8) is 0 Å². The summed E-state index contributed by atoms with van der Waals surface area (Å²) in [6.45, 7) is 3.79. The molecule has 2 heterocycles. The number of aromatic nitrogens is 2. The van der Waals surface area contributed by atoms with Gasteiger partial charge < -0.3 is 10.1 Å². The fraction of sp³-hybridized carbons (Fsp3) is 0.533. The lowest BCUT2D eigenvalue weighted by molar-refractivity contribution is -0.116. The minimum Gasteiger partial charge on any atom is -0.474 e. The minimum absolute atomic E-state index is 0.00523. The molecule has 7 nitrogen and oxygen atoms in total. The van der Waals surface area contributed by atoms with Gasteiger partial charge in [-0.25, -0.2) is 0 Å². The Balaban J connectivity index is 1.81. The number of amides is 1. The maximum absolute atomic E-state index is 12.0. The van der Waals surface area contributed by atoms with Crippen molar-refractivity contribution < 1.29 is 9.53 Å². The maximum Gasteiger partial charge on any atom is 0.234 e. The van der Waals surface area contributed by atoms with Crippen LogP contribution in [-0.4, -0.2) is 27.6 Å². The van der Waals surface area contributed by atoms with Gasteiger partial charge in [-0.3, -0.25) is 9.78 Å². The molecule has 7 heteroatoms. The molecule has 0 unspecified atom stereocenters. The van der Waals surface area contributed by atoms with Gasteiger partial charge in [-0.05, 0) is 13.8 Å². The van der Waals surface area contributed by atoms with Crippen molar-refractivity contribution in [3.8, 4) is 18.2 Å². The van der Waals surface area contributed by atoms with Crippen LogP contribution in [0.3, 0.4) is 0 Å². The summed E-state index contributed by atoms with van der Waals surface area (Å²) in [6.07, 6.45) is 10.4. The van der Waals surface area contributed by atoms with E-state index >= 15 is 0 Å². The van der Waals surface area contributed by atoms with Crippen molar-refractivity contribution in [1.82, 2.24) is 9.97 Å². The SMILES string of the molecule is C#CCCC1(CCC(=O)Nc2cncc(OC(C)C)n2)N=N1. The van der Waals surface area contributed by atoms with E-state index < -0.39 is 5.66 Å². The molecule has 2 rings (SSSR count). The van der Waals surface area contributed by atoms with Gasteiger partial charge in [0, 0.05) is 25.7 Å². The zero-order valence-electron chi connectivity index (χ0n) is 12.7. The lowest BCUT2D eigenvalue weighted by Gasteiger charge is -2.10. The van der Waals surface area contributed by atoms with Crippen LogP contribution in [0, 0.1) is 12.3 Å². The van der Waals surface area contributed by atoms with E-state index in [4.69, 9.17) is 11.2 Å². The monoisotopic (exact) mass is 301 g/mol. The first-order chi connectivity index (χ1) is 10.5. The first-order valence-corrected chi connectivity index (χ1v) is 7.19. The molecule has 1 aromatic heterocycles. The van der Waals surface area contributed by atoms with Gasteiger partial charge in [-0.15, -0.1) is 12.3 Å². The van der Waals surface area contributed by atoms with Crippen LogP contribution in [0.15, 0.2) is 22.6 Å². The van der Waals surface area contributed by atoms with Crippen LogP contribution >= 0.6 is 0 Å². The standard InChI is InChI=1S/C15H19N5O2/c1-4-5-7-15(19-20-15)8-6-13(21)17-12-9-16-10-14(18-12)22-11(2)3/h1,9-11H,5-8H2,2-3H3,(H,17,18,21). The highest BCUT2D eigenvalue weighted by atomic mass is 16.5. The number of rotatable bonds is 8. The number of carbonyl (C=O) groups excluding carboxylic acids is 1. The van der Waals surface area contributed by atoms with E-state index in [0.29, 0.717) is 37.4 Å². The zero-order chi connectivity index (χ0) is 16.0. The van der Waals surface area contributed by atoms with Gasteiger partial charge in [0.05, 0.1) is 18.5 Å². The molecule has 0 atom stereocenters. The Hall–Kier alpha value is -2.49. The van der Waals surface area contributed by atoms with Gasteiger partial charge in [0.15, 0.2) is 11.5 Å². The van der Waals surface area contributed by atoms with Gasteiger partial charge in [-0.2, -0.15) is 15.2 Å². The highest BCUT2D eigenvalue weighted by Gasteiger charge is 2.39. The number of hydrogen-bond acceptors (Lipinski definition) is 6. The molecule has 0 aliphatic carbocycles. The molecule has 1 aromatic rings. The number of ether oxygens (including phenoxy) is 1. The first-order valence-electron chi connectivity index (χ1n) is 7.19. The van der Waals surface area contributed by atoms with Crippen LogP contribution < -0.4 is 10.1 Å². The van der Waals surface area contributed by atoms with Crippen LogP contribution in [-0.2, 0) is 4.79 Å². The molecule has 1 aliphatic rings. The Morgan fingerprint density at radius 2 is 2.18 bits per heavy atom. The summed E-state index contributed by atoms with van der Waals surface area (Å²) in [4.78, 5) is 20.1. The van der Waals surface area contributed by atoms with E-state index in [2.05, 4.69) is 31.4 Å². The van der Waals surface area contributed by atoms with Crippen molar-refractivity contribution in [2.45, 2.75) is 51.3 Å². The molecular weight excluding hydrogens is 282 g/mol. The van der Waals surface area contributed by atoms with Gasteiger partial charge in [-0.1, -0.05) is 0 Å². The molecule has 0 spiro atoms. The third-order valence-corrected chi connectivity index (χ3v) is 3.04. The molecule has 116 valence electrons. The molecule has 1 aliphatic heterocycles. The number of anilines is 1. The summed E-state index contributed by atoms with van der Waals surface area (Å²) in [5.74, 6) is 3.15. The zero-order valence-corrected chi connectivity index (χ0v) is 12.7. The molecule has 0 bridgehead atoms. The van der Waals surface area contributed by atoms with E-state index in [1.807, 2.05) is 13.8 Å². The predicted octanol–water partition coefficient (Wildman–Crippen LogP) is 2.56. The fourth-order valence-corrected chi connectivity index (χ4v) is 1.89. The van der Waals surface area contributed by atoms with Crippen molar-refractivity contribution in [2.75, 3.05) is 5.32 Å². The van der Waals surface area contributed by atoms with Gasteiger partial charge in [0.25, 0.3) is 0 Å². The highest BCUT2D eigenvalue weighted by Crippen LogP contribution is 2.37. The molecule has 0 saturated heterocycles. The smallest absolute Gasteiger partial charge is 0.234 e. The third-order valence-electron chi connectivity index (χ3n) is 3.04. The van der Waals surface area contributed by atoms with Gasteiger partial charge >= 0.3 is 0 Å². The second kappa shape index (κ2) is 6.98. The number of nitrogens with zero attached hydrogens (tertiary/aromatic N) is 4. The number of carbonyl (C=O) groups is 1. The van der Waals surface area contributed by atoms with Gasteiger partial charge in [0.2, 0.25) is 11.8 Å². The van der Waals surface area contributed by atoms with Crippen molar-refractivity contribution in [1.29, 1.82) is 0 Å². The quantitative estimate of drug-likeness (QED) is 0.747. The highest BCUT2D eigenvalue weighted by molar-refractivity contribution is 5.89. The summed E-state index contributed by atoms with van der Waals surface area (Å²) in [5, 5.41) is 10.7. The number of nitrogens with one attached hydrogen (secondary N) is 1. The lowest BCUT2D eigenvalue weighted by atomic mass is 10.0. The number of terminal acetylenes is 1. The summed E-state index contributed by atoms with van der Waals surface area (Å²) >= 11 is 0. The normalized spacial score (nSPS) is 14.5. The summed E-state index contributed by atoms with van der Waals surface area (Å²) in [6, 6.07) is 0. The van der Waals surface area contributed by atoms with Crippen molar-refractivity contribution >= 4 is 11.7 Å². The molecule has 0 fully saturated rings. The van der Waals surface area contributed by atoms with Crippen LogP contribution in [0.25, 0.3) is 0 Å². The maximum atomic E-state index is 12.0. The molecule has 22 heavy (non-hydrogen) atoms. The van der Waals surface area contributed by atoms with E-state index in [1.54, 1.807) is 0 Å². The second-order valence-electron chi connectivity index (χ2n) is 5.34. The molecule has 0 radical (unpaired) electrons. The summed E-state index contributed by atoms with van der Waals surface area (Å²) in [7, 11) is 0. The number of hydrogen-bond donors (Lipinski definition) is 1. The van der Waals surface area contributed by atoms with Crippen LogP contribution in [0.4, 0.5) is 5.82 Å². The van der Waals surface area contributed by atoms with E-state index in [0.717, 1.165) is 0 Å². The van der Waals surface area contributed by atoms with E-state index in [9.17, 15) is 4.79 Å². The first kappa shape index (κ1) is 15.9. The largest absolute Gasteiger partial charge is 0.474 e. The minimum atomic E-state index is -0.446. The lowest BCUT2D eigenvalue weighted by Crippen LogP contribution is -2.18. The Labute approximate surface area is 129 Å². The average molecular weight is 301 g/mol. The van der Waals surface area contributed by atoms with E-state index in [1.165, 1.54) is 12.4 Å². The Morgan fingerprint density at radius 1 is 1.41 bits per heavy atom. The Kier molecular flexibility index (Phi) is 5.04. The molecule has 1 amide bonds. The van der Waals surface area contributed by atoms with Crippen LogP contribution in [0.1, 0.15) is 39.5 Å². The van der Waals surface area contributed by atoms with Crippen LogP contribution in [0.5, 0.6) is 5.88 Å². The summed E-state index contributed by atoms with van der Waals surface area (Å²) in [5.41, 5.74) is -0.446. The second-order valence-corrected chi connectivity index (χ2v) is 5.34. The van der Waals surface area contributed by atoms with Crippen molar-refractivity contribution in [2.24, 2.45) is 10.2 Å². The van der Waals surface area contributed by atoms with Crippen LogP contribution in [0.2, 0.25) is 0 Å².